The minimum Gasteiger partial charge on any atom is -0.472 e. The minimum atomic E-state index is 0.326. The molecule has 1 unspecified atom stereocenters. The van der Waals surface area contributed by atoms with Crippen molar-refractivity contribution in [1.82, 2.24) is 5.43 Å². The van der Waals surface area contributed by atoms with Crippen LogP contribution in [0, 0.1) is 0 Å². The van der Waals surface area contributed by atoms with Gasteiger partial charge >= 0.3 is 0 Å². The Morgan fingerprint density at radius 2 is 2.35 bits per heavy atom. The molecule has 0 aliphatic carbocycles. The Balaban J connectivity index is 1.72. The molecule has 17 heavy (non-hydrogen) atoms. The SMILES string of the molecule is NNC(CCCc1cccs1)Cc1ccoc1. The summed E-state index contributed by atoms with van der Waals surface area (Å²) in [5.41, 5.74) is 4.08. The molecule has 0 aliphatic heterocycles. The van der Waals surface area contributed by atoms with E-state index in [0.717, 1.165) is 25.7 Å². The van der Waals surface area contributed by atoms with Crippen LogP contribution in [0.3, 0.4) is 0 Å². The van der Waals surface area contributed by atoms with Crippen LogP contribution in [0.1, 0.15) is 23.3 Å². The number of nitrogens with two attached hydrogens (primary N) is 1. The molecule has 3 N–H and O–H groups in total. The van der Waals surface area contributed by atoms with E-state index in [-0.39, 0.29) is 0 Å². The summed E-state index contributed by atoms with van der Waals surface area (Å²) in [7, 11) is 0. The number of rotatable bonds is 7. The molecule has 0 fully saturated rings. The van der Waals surface area contributed by atoms with Crippen LogP contribution in [0.15, 0.2) is 40.5 Å². The van der Waals surface area contributed by atoms with E-state index < -0.39 is 0 Å². The summed E-state index contributed by atoms with van der Waals surface area (Å²) in [6.45, 7) is 0. The third-order valence-electron chi connectivity index (χ3n) is 2.85. The highest BCUT2D eigenvalue weighted by Crippen LogP contribution is 2.14. The Labute approximate surface area is 106 Å². The first kappa shape index (κ1) is 12.4. The van der Waals surface area contributed by atoms with Gasteiger partial charge in [-0.15, -0.1) is 11.3 Å². The predicted octanol–water partition coefficient (Wildman–Crippen LogP) is 2.74. The lowest BCUT2D eigenvalue weighted by Gasteiger charge is -2.14. The Bertz CT molecular complexity index is 397. The van der Waals surface area contributed by atoms with E-state index >= 15 is 0 Å². The highest BCUT2D eigenvalue weighted by atomic mass is 32.1. The van der Waals surface area contributed by atoms with Gasteiger partial charge < -0.3 is 4.42 Å². The first-order valence-electron chi connectivity index (χ1n) is 5.88. The highest BCUT2D eigenvalue weighted by Gasteiger charge is 2.08. The first-order chi connectivity index (χ1) is 8.38. The average molecular weight is 250 g/mol. The molecule has 2 heterocycles. The molecule has 4 heteroatoms. The van der Waals surface area contributed by atoms with Crippen molar-refractivity contribution in [2.75, 3.05) is 0 Å². The van der Waals surface area contributed by atoms with Gasteiger partial charge in [0.15, 0.2) is 0 Å². The number of nitrogens with one attached hydrogen (secondary N) is 1. The fourth-order valence-corrected chi connectivity index (χ4v) is 2.67. The number of aryl methyl sites for hydroxylation is 1. The standard InChI is InChI=1S/C13H18N2OS/c14-15-12(9-11-6-7-16-10-11)3-1-4-13-5-2-8-17-13/h2,5-8,10,12,15H,1,3-4,9,14H2. The van der Waals surface area contributed by atoms with Crippen molar-refractivity contribution >= 4 is 11.3 Å². The zero-order valence-corrected chi connectivity index (χ0v) is 10.6. The molecular weight excluding hydrogens is 232 g/mol. The summed E-state index contributed by atoms with van der Waals surface area (Å²) >= 11 is 1.82. The van der Waals surface area contributed by atoms with E-state index in [4.69, 9.17) is 10.3 Å². The molecule has 0 aromatic carbocycles. The normalized spacial score (nSPS) is 12.8. The average Bonchev–Trinajstić information content (AvgIpc) is 3.00. The van der Waals surface area contributed by atoms with E-state index in [2.05, 4.69) is 22.9 Å². The van der Waals surface area contributed by atoms with E-state index in [1.807, 2.05) is 17.4 Å². The Kier molecular flexibility index (Phi) is 4.79. The van der Waals surface area contributed by atoms with Gasteiger partial charge in [-0.2, -0.15) is 0 Å². The van der Waals surface area contributed by atoms with Crippen molar-refractivity contribution in [2.24, 2.45) is 5.84 Å². The molecule has 0 amide bonds. The Morgan fingerprint density at radius 3 is 3.00 bits per heavy atom. The van der Waals surface area contributed by atoms with Gasteiger partial charge in [-0.25, -0.2) is 0 Å². The van der Waals surface area contributed by atoms with E-state index in [1.165, 1.54) is 10.4 Å². The lowest BCUT2D eigenvalue weighted by atomic mass is 10.0. The number of hydrazine groups is 1. The molecule has 0 bridgehead atoms. The second-order valence-electron chi connectivity index (χ2n) is 4.17. The van der Waals surface area contributed by atoms with Crippen LogP contribution < -0.4 is 11.3 Å². The number of hydrogen-bond donors (Lipinski definition) is 2. The predicted molar refractivity (Wildman–Crippen MR) is 70.8 cm³/mol. The minimum absolute atomic E-state index is 0.326. The lowest BCUT2D eigenvalue weighted by Crippen LogP contribution is -2.36. The summed E-state index contributed by atoms with van der Waals surface area (Å²) in [4.78, 5) is 1.45. The van der Waals surface area contributed by atoms with Crippen LogP contribution in [-0.4, -0.2) is 6.04 Å². The largest absolute Gasteiger partial charge is 0.472 e. The van der Waals surface area contributed by atoms with E-state index in [0.29, 0.717) is 6.04 Å². The molecule has 0 radical (unpaired) electrons. The number of thiophene rings is 1. The molecule has 0 saturated carbocycles. The third-order valence-corrected chi connectivity index (χ3v) is 3.79. The zero-order valence-electron chi connectivity index (χ0n) is 9.76. The van der Waals surface area contributed by atoms with Gasteiger partial charge in [-0.3, -0.25) is 11.3 Å². The van der Waals surface area contributed by atoms with Crippen LogP contribution >= 0.6 is 11.3 Å². The van der Waals surface area contributed by atoms with Gasteiger partial charge in [-0.1, -0.05) is 6.07 Å². The quantitative estimate of drug-likeness (QED) is 0.587. The second kappa shape index (κ2) is 6.59. The molecule has 0 saturated heterocycles. The van der Waals surface area contributed by atoms with Crippen LogP contribution in [0.4, 0.5) is 0 Å². The lowest BCUT2D eigenvalue weighted by molar-refractivity contribution is 0.473. The van der Waals surface area contributed by atoms with Crippen molar-refractivity contribution in [2.45, 2.75) is 31.7 Å². The van der Waals surface area contributed by atoms with Gasteiger partial charge in [0.2, 0.25) is 0 Å². The van der Waals surface area contributed by atoms with Crippen LogP contribution in [-0.2, 0) is 12.8 Å². The molecule has 2 aromatic heterocycles. The highest BCUT2D eigenvalue weighted by molar-refractivity contribution is 7.09. The van der Waals surface area contributed by atoms with E-state index in [9.17, 15) is 0 Å². The molecule has 0 aliphatic rings. The summed E-state index contributed by atoms with van der Waals surface area (Å²) in [5, 5.41) is 2.12. The third kappa shape index (κ3) is 4.00. The van der Waals surface area contributed by atoms with Crippen LogP contribution in [0.25, 0.3) is 0 Å². The molecule has 92 valence electrons. The maximum absolute atomic E-state index is 5.57. The molecular formula is C13H18N2OS. The summed E-state index contributed by atoms with van der Waals surface area (Å²) in [6.07, 6.45) is 7.80. The summed E-state index contributed by atoms with van der Waals surface area (Å²) in [5.74, 6) is 5.57. The van der Waals surface area contributed by atoms with Crippen molar-refractivity contribution in [3.8, 4) is 0 Å². The van der Waals surface area contributed by atoms with Crippen molar-refractivity contribution in [3.63, 3.8) is 0 Å². The Morgan fingerprint density at radius 1 is 1.41 bits per heavy atom. The smallest absolute Gasteiger partial charge is 0.0935 e. The van der Waals surface area contributed by atoms with Gasteiger partial charge in [0.25, 0.3) is 0 Å². The van der Waals surface area contributed by atoms with Gasteiger partial charge in [0, 0.05) is 10.9 Å². The van der Waals surface area contributed by atoms with E-state index in [1.54, 1.807) is 12.5 Å². The van der Waals surface area contributed by atoms with Crippen LogP contribution in [0.2, 0.25) is 0 Å². The summed E-state index contributed by atoms with van der Waals surface area (Å²) in [6, 6.07) is 6.60. The van der Waals surface area contributed by atoms with Crippen LogP contribution in [0.5, 0.6) is 0 Å². The fraction of sp³-hybridized carbons (Fsp3) is 0.385. The molecule has 1 atom stereocenters. The van der Waals surface area contributed by atoms with Gasteiger partial charge in [0.1, 0.15) is 0 Å². The second-order valence-corrected chi connectivity index (χ2v) is 5.20. The maximum atomic E-state index is 5.57. The van der Waals surface area contributed by atoms with Gasteiger partial charge in [0.05, 0.1) is 12.5 Å². The Hall–Kier alpha value is -1.10. The number of hydrogen-bond acceptors (Lipinski definition) is 4. The molecule has 0 spiro atoms. The molecule has 3 nitrogen and oxygen atoms in total. The van der Waals surface area contributed by atoms with Gasteiger partial charge in [-0.05, 0) is 48.8 Å². The first-order valence-corrected chi connectivity index (χ1v) is 6.76. The fourth-order valence-electron chi connectivity index (χ4n) is 1.92. The zero-order chi connectivity index (χ0) is 11.9. The monoisotopic (exact) mass is 250 g/mol. The molecule has 2 rings (SSSR count). The van der Waals surface area contributed by atoms with Crippen molar-refractivity contribution < 1.29 is 4.42 Å². The topological polar surface area (TPSA) is 51.2 Å². The summed E-state index contributed by atoms with van der Waals surface area (Å²) < 4.78 is 5.06. The van der Waals surface area contributed by atoms with Crippen molar-refractivity contribution in [1.29, 1.82) is 0 Å². The number of furan rings is 1. The van der Waals surface area contributed by atoms with Crippen molar-refractivity contribution in [3.05, 3.63) is 46.5 Å². The maximum Gasteiger partial charge on any atom is 0.0935 e. The molecule has 2 aromatic rings.